The molecule has 0 spiro atoms. The Bertz CT molecular complexity index is 1170. The van der Waals surface area contributed by atoms with Gasteiger partial charge in [0.15, 0.2) is 18.1 Å². The molecule has 0 heterocycles. The van der Waals surface area contributed by atoms with Crippen molar-refractivity contribution in [3.05, 3.63) is 94.0 Å². The fraction of sp³-hybridized carbons (Fsp3) is 0.310. The highest BCUT2D eigenvalue weighted by Crippen LogP contribution is 2.28. The van der Waals surface area contributed by atoms with Crippen LogP contribution in [0.3, 0.4) is 0 Å². The Morgan fingerprint density at radius 2 is 1.54 bits per heavy atom. The first kappa shape index (κ1) is 28.4. The first-order chi connectivity index (χ1) is 17.8. The summed E-state index contributed by atoms with van der Waals surface area (Å²) in [5.74, 6) is 0.290. The number of nitrogens with one attached hydrogen (secondary N) is 1. The summed E-state index contributed by atoms with van der Waals surface area (Å²) in [4.78, 5) is 28.8. The molecular weight excluding hydrogens is 511 g/mol. The minimum atomic E-state index is -0.822. The summed E-state index contributed by atoms with van der Waals surface area (Å²) in [6, 6.07) is 20.9. The molecule has 196 valence electrons. The number of benzene rings is 3. The van der Waals surface area contributed by atoms with E-state index in [1.165, 1.54) is 12.0 Å². The smallest absolute Gasteiger partial charge is 0.261 e. The van der Waals surface area contributed by atoms with Gasteiger partial charge in [-0.2, -0.15) is 0 Å². The first-order valence-corrected chi connectivity index (χ1v) is 12.9. The summed E-state index contributed by atoms with van der Waals surface area (Å²) in [5.41, 5.74) is 1.48. The maximum Gasteiger partial charge on any atom is 0.261 e. The summed E-state index contributed by atoms with van der Waals surface area (Å²) in [5, 5.41) is 3.86. The molecule has 37 heavy (non-hydrogen) atoms. The number of halogens is 2. The van der Waals surface area contributed by atoms with E-state index in [-0.39, 0.29) is 31.0 Å². The van der Waals surface area contributed by atoms with E-state index in [0.29, 0.717) is 33.5 Å². The third-order valence-corrected chi connectivity index (χ3v) is 6.79. The van der Waals surface area contributed by atoms with Crippen LogP contribution >= 0.6 is 23.2 Å². The van der Waals surface area contributed by atoms with Crippen molar-refractivity contribution < 1.29 is 19.1 Å². The van der Waals surface area contributed by atoms with Crippen molar-refractivity contribution in [3.63, 3.8) is 0 Å². The van der Waals surface area contributed by atoms with Crippen LogP contribution < -0.4 is 14.8 Å². The lowest BCUT2D eigenvalue weighted by Gasteiger charge is -2.32. The number of methoxy groups -OCH3 is 1. The summed E-state index contributed by atoms with van der Waals surface area (Å²) < 4.78 is 11.2. The molecule has 8 heteroatoms. The summed E-state index contributed by atoms with van der Waals surface area (Å²) in [7, 11) is 1.53. The molecule has 2 atom stereocenters. The highest BCUT2D eigenvalue weighted by molar-refractivity contribution is 6.36. The van der Waals surface area contributed by atoms with Crippen molar-refractivity contribution in [3.8, 4) is 11.5 Å². The van der Waals surface area contributed by atoms with Crippen molar-refractivity contribution in [1.29, 1.82) is 0 Å². The Balaban J connectivity index is 1.98. The fourth-order valence-corrected chi connectivity index (χ4v) is 4.33. The zero-order valence-electron chi connectivity index (χ0n) is 21.2. The van der Waals surface area contributed by atoms with Crippen LogP contribution in [0.2, 0.25) is 10.0 Å². The second kappa shape index (κ2) is 13.9. The first-order valence-electron chi connectivity index (χ1n) is 12.2. The van der Waals surface area contributed by atoms with Gasteiger partial charge in [-0.25, -0.2) is 0 Å². The van der Waals surface area contributed by atoms with Gasteiger partial charge in [-0.1, -0.05) is 78.7 Å². The molecule has 0 radical (unpaired) electrons. The average Bonchev–Trinajstić information content (AvgIpc) is 2.91. The maximum absolute atomic E-state index is 13.7. The molecule has 3 rings (SSSR count). The number of para-hydroxylation sites is 2. The average molecular weight is 543 g/mol. The predicted octanol–water partition coefficient (Wildman–Crippen LogP) is 5.94. The van der Waals surface area contributed by atoms with Gasteiger partial charge >= 0.3 is 0 Å². The topological polar surface area (TPSA) is 67.9 Å². The number of amides is 2. The maximum atomic E-state index is 13.7. The third kappa shape index (κ3) is 7.88. The molecule has 6 nitrogen and oxygen atoms in total. The standard InChI is InChI=1S/C29H32Cl2N2O4/c1-4-20(2)32-29(35)25(17-21-11-6-5-7-12-21)33(18-22-23(30)13-10-14-24(22)31)28(34)19-37-27-16-9-8-15-26(27)36-3/h5-16,20,25H,4,17-19H2,1-3H3,(H,32,35). The van der Waals surface area contributed by atoms with Crippen LogP contribution in [0.25, 0.3) is 0 Å². The van der Waals surface area contributed by atoms with Gasteiger partial charge in [0.1, 0.15) is 6.04 Å². The van der Waals surface area contributed by atoms with Gasteiger partial charge in [0.25, 0.3) is 5.91 Å². The minimum Gasteiger partial charge on any atom is -0.493 e. The van der Waals surface area contributed by atoms with Gasteiger partial charge in [0.2, 0.25) is 5.91 Å². The second-order valence-electron chi connectivity index (χ2n) is 8.68. The molecule has 0 aliphatic heterocycles. The summed E-state index contributed by atoms with van der Waals surface area (Å²) in [6.07, 6.45) is 1.07. The minimum absolute atomic E-state index is 0.0397. The number of hydrogen-bond acceptors (Lipinski definition) is 4. The molecule has 0 bridgehead atoms. The van der Waals surface area contributed by atoms with Crippen LogP contribution in [0.5, 0.6) is 11.5 Å². The highest BCUT2D eigenvalue weighted by atomic mass is 35.5. The van der Waals surface area contributed by atoms with E-state index in [0.717, 1.165) is 12.0 Å². The normalized spacial score (nSPS) is 12.4. The molecule has 0 fully saturated rings. The van der Waals surface area contributed by atoms with Crippen LogP contribution in [-0.2, 0) is 22.6 Å². The summed E-state index contributed by atoms with van der Waals surface area (Å²) >= 11 is 12.9. The molecule has 0 saturated heterocycles. The van der Waals surface area contributed by atoms with Gasteiger partial charge in [0.05, 0.1) is 7.11 Å². The SMILES string of the molecule is CCC(C)NC(=O)C(Cc1ccccc1)N(Cc1c(Cl)cccc1Cl)C(=O)COc1ccccc1OC. The van der Waals surface area contributed by atoms with Gasteiger partial charge in [-0.15, -0.1) is 0 Å². The summed E-state index contributed by atoms with van der Waals surface area (Å²) in [6.45, 7) is 3.66. The molecule has 1 N–H and O–H groups in total. The van der Waals surface area contributed by atoms with Crippen LogP contribution in [0.15, 0.2) is 72.8 Å². The molecule has 2 unspecified atom stereocenters. The molecule has 0 aliphatic carbocycles. The quantitative estimate of drug-likeness (QED) is 0.307. The molecule has 3 aromatic carbocycles. The van der Waals surface area contributed by atoms with Gasteiger partial charge in [-0.05, 0) is 43.2 Å². The lowest BCUT2D eigenvalue weighted by molar-refractivity contribution is -0.143. The van der Waals surface area contributed by atoms with E-state index < -0.39 is 6.04 Å². The third-order valence-electron chi connectivity index (χ3n) is 6.08. The molecule has 3 aromatic rings. The second-order valence-corrected chi connectivity index (χ2v) is 9.50. The van der Waals surface area contributed by atoms with Crippen LogP contribution in [0.4, 0.5) is 0 Å². The number of nitrogens with zero attached hydrogens (tertiary/aromatic N) is 1. The fourth-order valence-electron chi connectivity index (χ4n) is 3.81. The van der Waals surface area contributed by atoms with E-state index in [2.05, 4.69) is 5.32 Å². The van der Waals surface area contributed by atoms with Crippen molar-refractivity contribution >= 4 is 35.0 Å². The van der Waals surface area contributed by atoms with E-state index in [9.17, 15) is 9.59 Å². The molecule has 0 aliphatic rings. The molecule has 0 saturated carbocycles. The van der Waals surface area contributed by atoms with E-state index in [4.69, 9.17) is 32.7 Å². The Hall–Kier alpha value is -3.22. The highest BCUT2D eigenvalue weighted by Gasteiger charge is 2.32. The monoisotopic (exact) mass is 542 g/mol. The number of carbonyl (C=O) groups is 2. The van der Waals surface area contributed by atoms with Gasteiger partial charge < -0.3 is 19.7 Å². The molecular formula is C29H32Cl2N2O4. The Morgan fingerprint density at radius 1 is 0.919 bits per heavy atom. The number of carbonyl (C=O) groups excluding carboxylic acids is 2. The lowest BCUT2D eigenvalue weighted by Crippen LogP contribution is -2.53. The van der Waals surface area contributed by atoms with Gasteiger partial charge in [-0.3, -0.25) is 9.59 Å². The predicted molar refractivity (Wildman–Crippen MR) is 147 cm³/mol. The Morgan fingerprint density at radius 3 is 2.16 bits per heavy atom. The number of ether oxygens (including phenoxy) is 2. The molecule has 2 amide bonds. The van der Waals surface area contributed by atoms with Gasteiger partial charge in [0, 0.05) is 34.6 Å². The van der Waals surface area contributed by atoms with Crippen LogP contribution in [0.1, 0.15) is 31.4 Å². The van der Waals surface area contributed by atoms with E-state index in [1.807, 2.05) is 50.2 Å². The Labute approximate surface area is 228 Å². The van der Waals surface area contributed by atoms with Crippen molar-refractivity contribution in [2.75, 3.05) is 13.7 Å². The largest absolute Gasteiger partial charge is 0.493 e. The van der Waals surface area contributed by atoms with Crippen LogP contribution in [-0.4, -0.2) is 42.5 Å². The molecule has 0 aromatic heterocycles. The van der Waals surface area contributed by atoms with Crippen LogP contribution in [0, 0.1) is 0 Å². The number of hydrogen-bond donors (Lipinski definition) is 1. The van der Waals surface area contributed by atoms with Crippen molar-refractivity contribution in [2.45, 2.75) is 45.3 Å². The number of rotatable bonds is 12. The zero-order chi connectivity index (χ0) is 26.8. The zero-order valence-corrected chi connectivity index (χ0v) is 22.8. The Kier molecular flexibility index (Phi) is 10.7. The van der Waals surface area contributed by atoms with E-state index in [1.54, 1.807) is 36.4 Å². The van der Waals surface area contributed by atoms with Crippen molar-refractivity contribution in [2.24, 2.45) is 0 Å². The van der Waals surface area contributed by atoms with E-state index >= 15 is 0 Å². The van der Waals surface area contributed by atoms with Crippen molar-refractivity contribution in [1.82, 2.24) is 10.2 Å². The lowest BCUT2D eigenvalue weighted by atomic mass is 10.0.